The van der Waals surface area contributed by atoms with Gasteiger partial charge in [-0.15, -0.1) is 0 Å². The number of rotatable bonds is 11. The van der Waals surface area contributed by atoms with E-state index in [1.807, 2.05) is 115 Å². The molecule has 1 atom stereocenters. The number of benzene rings is 4. The van der Waals surface area contributed by atoms with Crippen LogP contribution in [0.1, 0.15) is 62.5 Å². The molecule has 0 saturated heterocycles. The second-order valence-corrected chi connectivity index (χ2v) is 11.2. The first-order valence-corrected chi connectivity index (χ1v) is 15.0. The van der Waals surface area contributed by atoms with E-state index in [1.54, 1.807) is 17.7 Å². The van der Waals surface area contributed by atoms with Crippen molar-refractivity contribution in [2.45, 2.75) is 45.6 Å². The smallest absolute Gasteiger partial charge is 0.266 e. The molecule has 5 rings (SSSR count). The number of amides is 1. The first kappa shape index (κ1) is 29.8. The highest BCUT2D eigenvalue weighted by atomic mass is 16.5. The summed E-state index contributed by atoms with van der Waals surface area (Å²) in [6.45, 7) is 6.90. The lowest BCUT2D eigenvalue weighted by Gasteiger charge is -2.35. The molecule has 0 fully saturated rings. The summed E-state index contributed by atoms with van der Waals surface area (Å²) in [5.41, 5.74) is 2.86. The molecule has 6 nitrogen and oxygen atoms in total. The fourth-order valence-corrected chi connectivity index (χ4v) is 5.71. The average Bonchev–Trinajstić information content (AvgIpc) is 3.04. The fourth-order valence-electron chi connectivity index (χ4n) is 5.71. The normalized spacial score (nSPS) is 12.0. The lowest BCUT2D eigenvalue weighted by Crippen LogP contribution is -2.42. The zero-order valence-corrected chi connectivity index (χ0v) is 25.3. The number of carbonyl (C=O) groups excluding carboxylic acids is 1. The van der Waals surface area contributed by atoms with Crippen molar-refractivity contribution in [1.29, 1.82) is 0 Å². The summed E-state index contributed by atoms with van der Waals surface area (Å²) >= 11 is 0. The van der Waals surface area contributed by atoms with Crippen LogP contribution in [0.25, 0.3) is 16.6 Å². The van der Waals surface area contributed by atoms with Gasteiger partial charge in [-0.05, 0) is 54.2 Å². The zero-order chi connectivity index (χ0) is 30.3. The van der Waals surface area contributed by atoms with Crippen LogP contribution in [0, 0.1) is 5.92 Å². The van der Waals surface area contributed by atoms with Gasteiger partial charge < -0.3 is 9.64 Å². The van der Waals surface area contributed by atoms with Gasteiger partial charge in [0.1, 0.15) is 11.6 Å². The van der Waals surface area contributed by atoms with Crippen molar-refractivity contribution in [3.05, 3.63) is 136 Å². The SMILES string of the molecule is CCC(c1nc2ccccc2c(=O)n1-c1ccccc1OC)N(CCC(C)C)C(=O)C(c1ccccc1)c1ccccc1. The van der Waals surface area contributed by atoms with E-state index in [-0.39, 0.29) is 11.5 Å². The van der Waals surface area contributed by atoms with Crippen molar-refractivity contribution in [3.8, 4) is 11.4 Å². The van der Waals surface area contributed by atoms with Crippen LogP contribution >= 0.6 is 0 Å². The Morgan fingerprint density at radius 3 is 2.02 bits per heavy atom. The molecule has 0 aliphatic rings. The van der Waals surface area contributed by atoms with Crippen LogP contribution in [-0.2, 0) is 4.79 Å². The maximum atomic E-state index is 14.9. The zero-order valence-electron chi connectivity index (χ0n) is 25.3. The molecule has 0 bridgehead atoms. The molecule has 4 aromatic carbocycles. The Morgan fingerprint density at radius 1 is 0.837 bits per heavy atom. The maximum absolute atomic E-state index is 14.9. The van der Waals surface area contributed by atoms with Crippen molar-refractivity contribution in [1.82, 2.24) is 14.5 Å². The number of para-hydroxylation sites is 3. The van der Waals surface area contributed by atoms with Gasteiger partial charge >= 0.3 is 0 Å². The third-order valence-electron chi connectivity index (χ3n) is 7.93. The Bertz CT molecular complexity index is 1690. The number of hydrogen-bond acceptors (Lipinski definition) is 4. The number of ether oxygens (including phenoxy) is 1. The molecule has 0 aliphatic carbocycles. The number of hydrogen-bond donors (Lipinski definition) is 0. The molecule has 220 valence electrons. The molecule has 43 heavy (non-hydrogen) atoms. The number of aromatic nitrogens is 2. The van der Waals surface area contributed by atoms with Gasteiger partial charge in [-0.25, -0.2) is 4.98 Å². The third-order valence-corrected chi connectivity index (χ3v) is 7.93. The average molecular weight is 574 g/mol. The van der Waals surface area contributed by atoms with Crippen LogP contribution in [0.3, 0.4) is 0 Å². The quantitative estimate of drug-likeness (QED) is 0.164. The molecule has 1 amide bonds. The molecule has 6 heteroatoms. The van der Waals surface area contributed by atoms with E-state index < -0.39 is 12.0 Å². The third kappa shape index (κ3) is 6.24. The molecule has 0 saturated carbocycles. The lowest BCUT2D eigenvalue weighted by atomic mass is 9.89. The van der Waals surface area contributed by atoms with E-state index in [1.165, 1.54) is 0 Å². The Morgan fingerprint density at radius 2 is 1.42 bits per heavy atom. The Labute approximate surface area is 253 Å². The fraction of sp³-hybridized carbons (Fsp3) is 0.270. The second-order valence-electron chi connectivity index (χ2n) is 11.2. The van der Waals surface area contributed by atoms with Gasteiger partial charge in [-0.1, -0.05) is 106 Å². The molecule has 1 heterocycles. The molecule has 0 aliphatic heterocycles. The molecule has 1 unspecified atom stereocenters. The first-order chi connectivity index (χ1) is 20.9. The van der Waals surface area contributed by atoms with Crippen LogP contribution in [0.15, 0.2) is 114 Å². The molecule has 5 aromatic rings. The first-order valence-electron chi connectivity index (χ1n) is 15.0. The van der Waals surface area contributed by atoms with Crippen LogP contribution in [-0.4, -0.2) is 34.0 Å². The van der Waals surface area contributed by atoms with Crippen molar-refractivity contribution in [3.63, 3.8) is 0 Å². The standard InChI is InChI=1S/C37H39N3O3/c1-5-31(35-38-30-21-13-12-20-29(30)36(41)40(35)32-22-14-15-23-33(32)43-4)39(25-24-26(2)3)37(42)34(27-16-8-6-9-17-27)28-18-10-7-11-19-28/h6-23,26,31,34H,5,24-25H2,1-4H3. The van der Waals surface area contributed by atoms with Crippen molar-refractivity contribution < 1.29 is 9.53 Å². The summed E-state index contributed by atoms with van der Waals surface area (Å²) in [7, 11) is 1.60. The van der Waals surface area contributed by atoms with Gasteiger partial charge in [-0.2, -0.15) is 0 Å². The van der Waals surface area contributed by atoms with Crippen molar-refractivity contribution in [2.75, 3.05) is 13.7 Å². The largest absolute Gasteiger partial charge is 0.495 e. The topological polar surface area (TPSA) is 64.4 Å². The summed E-state index contributed by atoms with van der Waals surface area (Å²) in [5, 5.41) is 0.513. The van der Waals surface area contributed by atoms with Gasteiger partial charge in [0, 0.05) is 6.54 Å². The van der Waals surface area contributed by atoms with Gasteiger partial charge in [-0.3, -0.25) is 14.2 Å². The lowest BCUT2D eigenvalue weighted by molar-refractivity contribution is -0.135. The Balaban J connectivity index is 1.74. The van der Waals surface area contributed by atoms with Crippen LogP contribution < -0.4 is 10.3 Å². The predicted molar refractivity (Wildman–Crippen MR) is 173 cm³/mol. The highest BCUT2D eigenvalue weighted by Gasteiger charge is 2.34. The number of carbonyl (C=O) groups is 1. The molecule has 0 radical (unpaired) electrons. The minimum Gasteiger partial charge on any atom is -0.495 e. The highest BCUT2D eigenvalue weighted by Crippen LogP contribution is 2.34. The monoisotopic (exact) mass is 573 g/mol. The van der Waals surface area contributed by atoms with E-state index in [9.17, 15) is 9.59 Å². The van der Waals surface area contributed by atoms with Crippen LogP contribution in [0.2, 0.25) is 0 Å². The van der Waals surface area contributed by atoms with E-state index in [0.717, 1.165) is 17.5 Å². The maximum Gasteiger partial charge on any atom is 0.266 e. The summed E-state index contributed by atoms with van der Waals surface area (Å²) in [6.07, 6.45) is 1.38. The minimum atomic E-state index is -0.504. The molecular weight excluding hydrogens is 534 g/mol. The van der Waals surface area contributed by atoms with Crippen LogP contribution in [0.4, 0.5) is 0 Å². The Kier molecular flexibility index (Phi) is 9.35. The van der Waals surface area contributed by atoms with Crippen molar-refractivity contribution >= 4 is 16.8 Å². The van der Waals surface area contributed by atoms with E-state index >= 15 is 0 Å². The molecule has 0 spiro atoms. The molecular formula is C37H39N3O3. The predicted octanol–water partition coefficient (Wildman–Crippen LogP) is 7.55. The second kappa shape index (κ2) is 13.5. The number of methoxy groups -OCH3 is 1. The van der Waals surface area contributed by atoms with Gasteiger partial charge in [0.05, 0.1) is 35.7 Å². The van der Waals surface area contributed by atoms with Crippen LogP contribution in [0.5, 0.6) is 5.75 Å². The minimum absolute atomic E-state index is 0.0149. The molecule has 1 aromatic heterocycles. The summed E-state index contributed by atoms with van der Waals surface area (Å²) in [5.74, 6) is 0.937. The summed E-state index contributed by atoms with van der Waals surface area (Å²) in [6, 6.07) is 34.2. The Hall–Kier alpha value is -4.71. The number of fused-ring (bicyclic) bond motifs is 1. The molecule has 0 N–H and O–H groups in total. The van der Waals surface area contributed by atoms with Gasteiger partial charge in [0.2, 0.25) is 5.91 Å². The van der Waals surface area contributed by atoms with Gasteiger partial charge in [0.25, 0.3) is 5.56 Å². The number of nitrogens with zero attached hydrogens (tertiary/aromatic N) is 3. The highest BCUT2D eigenvalue weighted by molar-refractivity contribution is 5.87. The van der Waals surface area contributed by atoms with E-state index in [0.29, 0.717) is 47.0 Å². The summed E-state index contributed by atoms with van der Waals surface area (Å²) < 4.78 is 7.35. The van der Waals surface area contributed by atoms with Gasteiger partial charge in [0.15, 0.2) is 0 Å². The summed E-state index contributed by atoms with van der Waals surface area (Å²) in [4.78, 5) is 36.2. The van der Waals surface area contributed by atoms with Crippen molar-refractivity contribution in [2.24, 2.45) is 5.92 Å². The van der Waals surface area contributed by atoms with E-state index in [4.69, 9.17) is 9.72 Å². The van der Waals surface area contributed by atoms with E-state index in [2.05, 4.69) is 13.8 Å².